The van der Waals surface area contributed by atoms with E-state index >= 15 is 0 Å². The molecule has 2 rings (SSSR count). The van der Waals surface area contributed by atoms with Crippen LogP contribution in [0.5, 0.6) is 0 Å². The van der Waals surface area contributed by atoms with E-state index in [0.29, 0.717) is 6.54 Å². The summed E-state index contributed by atoms with van der Waals surface area (Å²) >= 11 is 0. The molecule has 2 fully saturated rings. The number of hydrogen-bond donors (Lipinski definition) is 1. The molecule has 0 aromatic rings. The van der Waals surface area contributed by atoms with Gasteiger partial charge in [0.2, 0.25) is 0 Å². The highest BCUT2D eigenvalue weighted by molar-refractivity contribution is 6.12. The second-order valence-electron chi connectivity index (χ2n) is 4.55. The lowest BCUT2D eigenvalue weighted by molar-refractivity contribution is -0.0330. The van der Waals surface area contributed by atoms with Crippen LogP contribution in [0.25, 0.3) is 0 Å². The van der Waals surface area contributed by atoms with Gasteiger partial charge in [-0.15, -0.1) is 0 Å². The normalized spacial score (nSPS) is 45.1. The number of carbonyl (C=O) groups excluding carboxylic acids is 1. The zero-order chi connectivity index (χ0) is 11.2. The van der Waals surface area contributed by atoms with Gasteiger partial charge in [-0.05, 0) is 6.42 Å². The molecule has 82 valence electrons. The van der Waals surface area contributed by atoms with Crippen LogP contribution in [-0.2, 0) is 4.74 Å². The highest BCUT2D eigenvalue weighted by Crippen LogP contribution is 2.41. The molecule has 2 saturated heterocycles. The number of rotatable bonds is 1. The molecule has 2 aliphatic heterocycles. The van der Waals surface area contributed by atoms with E-state index in [4.69, 9.17) is 12.6 Å². The Morgan fingerprint density at radius 2 is 2.40 bits per heavy atom. The third-order valence-corrected chi connectivity index (χ3v) is 3.95. The molecule has 2 amide bonds. The molecule has 1 unspecified atom stereocenters. The number of fused-ring (bicyclic) bond motifs is 2. The molecule has 0 aromatic carbocycles. The van der Waals surface area contributed by atoms with Crippen LogP contribution in [0.1, 0.15) is 20.3 Å². The topological polar surface area (TPSA) is 41.6 Å². The van der Waals surface area contributed by atoms with Crippen LogP contribution in [-0.4, -0.2) is 50.0 Å². The molecule has 2 bridgehead atoms. The zero-order valence-electron chi connectivity index (χ0n) is 9.49. The Bertz CT molecular complexity index is 287. The van der Waals surface area contributed by atoms with Crippen molar-refractivity contribution in [2.45, 2.75) is 37.9 Å². The van der Waals surface area contributed by atoms with E-state index in [0.717, 1.165) is 6.42 Å². The molecule has 4 atom stereocenters. The standard InChI is InChI=1S/C10H17BN2O2/c1-4-10-5-12-9(14)13(3)7(6(10)2)8(11)15-10/h6-8H,4-5H2,1-3H3,(H,12,14)/t6-,7?,8-,10+/m1/s1. The molecule has 4 nitrogen and oxygen atoms in total. The van der Waals surface area contributed by atoms with Gasteiger partial charge in [-0.25, -0.2) is 4.79 Å². The van der Waals surface area contributed by atoms with Crippen LogP contribution in [0.3, 0.4) is 0 Å². The first-order chi connectivity index (χ1) is 7.02. The van der Waals surface area contributed by atoms with Gasteiger partial charge >= 0.3 is 6.03 Å². The van der Waals surface area contributed by atoms with E-state index in [-0.39, 0.29) is 29.6 Å². The van der Waals surface area contributed by atoms with Gasteiger partial charge in [0, 0.05) is 25.5 Å². The number of urea groups is 1. The molecule has 2 radical (unpaired) electrons. The summed E-state index contributed by atoms with van der Waals surface area (Å²) in [5.41, 5.74) is -0.287. The van der Waals surface area contributed by atoms with E-state index in [9.17, 15) is 4.79 Å². The van der Waals surface area contributed by atoms with Gasteiger partial charge in [0.15, 0.2) is 0 Å². The molecule has 15 heavy (non-hydrogen) atoms. The van der Waals surface area contributed by atoms with Crippen molar-refractivity contribution < 1.29 is 9.53 Å². The lowest BCUT2D eigenvalue weighted by atomic mass is 9.80. The molecule has 0 aromatic heterocycles. The van der Waals surface area contributed by atoms with Crippen molar-refractivity contribution >= 4 is 13.9 Å². The van der Waals surface area contributed by atoms with Crippen LogP contribution in [0.4, 0.5) is 4.79 Å². The predicted octanol–water partition coefficient (Wildman–Crippen LogP) is 0.320. The Hall–Kier alpha value is -0.705. The Labute approximate surface area is 91.7 Å². The van der Waals surface area contributed by atoms with E-state index in [1.807, 2.05) is 0 Å². The van der Waals surface area contributed by atoms with Gasteiger partial charge in [-0.2, -0.15) is 0 Å². The maximum Gasteiger partial charge on any atom is 0.317 e. The summed E-state index contributed by atoms with van der Waals surface area (Å²) in [5, 5.41) is 2.87. The minimum Gasteiger partial charge on any atom is -0.377 e. The Balaban J connectivity index is 2.36. The smallest absolute Gasteiger partial charge is 0.317 e. The minimum atomic E-state index is -0.365. The molecule has 5 heteroatoms. The zero-order valence-corrected chi connectivity index (χ0v) is 9.49. The van der Waals surface area contributed by atoms with E-state index in [1.54, 1.807) is 11.9 Å². The van der Waals surface area contributed by atoms with Gasteiger partial charge in [0.1, 0.15) is 7.85 Å². The lowest BCUT2D eigenvalue weighted by Gasteiger charge is -2.31. The highest BCUT2D eigenvalue weighted by atomic mass is 16.5. The van der Waals surface area contributed by atoms with Gasteiger partial charge in [0.05, 0.1) is 11.6 Å². The van der Waals surface area contributed by atoms with Gasteiger partial charge in [-0.1, -0.05) is 13.8 Å². The number of nitrogens with one attached hydrogen (secondary N) is 1. The first-order valence-electron chi connectivity index (χ1n) is 5.46. The molecule has 2 heterocycles. The van der Waals surface area contributed by atoms with Crippen molar-refractivity contribution in [2.75, 3.05) is 13.6 Å². The van der Waals surface area contributed by atoms with Crippen molar-refractivity contribution in [1.82, 2.24) is 10.2 Å². The quantitative estimate of drug-likeness (QED) is 0.630. The van der Waals surface area contributed by atoms with Crippen LogP contribution in [0.15, 0.2) is 0 Å². The number of carbonyl (C=O) groups is 1. The fraction of sp³-hybridized carbons (Fsp3) is 0.900. The largest absolute Gasteiger partial charge is 0.377 e. The number of ether oxygens (including phenoxy) is 1. The lowest BCUT2D eigenvalue weighted by Crippen LogP contribution is -2.49. The van der Waals surface area contributed by atoms with E-state index < -0.39 is 0 Å². The molecule has 0 aliphatic carbocycles. The monoisotopic (exact) mass is 208 g/mol. The summed E-state index contributed by atoms with van der Waals surface area (Å²) in [6, 6.07) is -0.440. The summed E-state index contributed by atoms with van der Waals surface area (Å²) < 4.78 is 5.85. The first kappa shape index (κ1) is 10.8. The Morgan fingerprint density at radius 3 is 3.00 bits per heavy atom. The van der Waals surface area contributed by atoms with Crippen molar-refractivity contribution in [3.63, 3.8) is 0 Å². The summed E-state index contributed by atoms with van der Waals surface area (Å²) in [5.74, 6) is 0.265. The summed E-state index contributed by atoms with van der Waals surface area (Å²) in [7, 11) is 7.72. The van der Waals surface area contributed by atoms with E-state index in [1.165, 1.54) is 0 Å². The Morgan fingerprint density at radius 1 is 1.73 bits per heavy atom. The van der Waals surface area contributed by atoms with E-state index in [2.05, 4.69) is 19.2 Å². The average Bonchev–Trinajstić information content (AvgIpc) is 2.41. The molecular weight excluding hydrogens is 191 g/mol. The first-order valence-corrected chi connectivity index (χ1v) is 5.46. The van der Waals surface area contributed by atoms with Gasteiger partial charge in [-0.3, -0.25) is 0 Å². The summed E-state index contributed by atoms with van der Waals surface area (Å²) in [6.07, 6.45) is 0.868. The van der Waals surface area contributed by atoms with Crippen LogP contribution >= 0.6 is 0 Å². The second-order valence-corrected chi connectivity index (χ2v) is 4.55. The van der Waals surface area contributed by atoms with Crippen molar-refractivity contribution in [1.29, 1.82) is 0 Å². The number of likely N-dealkylation sites (N-methyl/N-ethyl adjacent to an activating group) is 1. The van der Waals surface area contributed by atoms with Gasteiger partial charge < -0.3 is 15.0 Å². The third-order valence-electron chi connectivity index (χ3n) is 3.95. The molecule has 0 spiro atoms. The van der Waals surface area contributed by atoms with Crippen LogP contribution < -0.4 is 5.32 Å². The average molecular weight is 208 g/mol. The van der Waals surface area contributed by atoms with Crippen molar-refractivity contribution in [3.05, 3.63) is 0 Å². The van der Waals surface area contributed by atoms with Crippen molar-refractivity contribution in [3.8, 4) is 0 Å². The number of nitrogens with zero attached hydrogens (tertiary/aromatic N) is 1. The SMILES string of the molecule is [B][C@@H]1O[C@@]2(CC)CNC(=O)N(C)C1[C@H]2C. The minimum absolute atomic E-state index is 0.0209. The van der Waals surface area contributed by atoms with Crippen molar-refractivity contribution in [2.24, 2.45) is 5.92 Å². The maximum absolute atomic E-state index is 11.7. The van der Waals surface area contributed by atoms with Crippen LogP contribution in [0.2, 0.25) is 0 Å². The number of amides is 2. The maximum atomic E-state index is 11.7. The second kappa shape index (κ2) is 3.40. The fourth-order valence-electron chi connectivity index (χ4n) is 2.82. The fourth-order valence-corrected chi connectivity index (χ4v) is 2.82. The third kappa shape index (κ3) is 1.36. The molecule has 1 N–H and O–H groups in total. The van der Waals surface area contributed by atoms with Crippen LogP contribution in [0, 0.1) is 5.92 Å². The number of hydrogen-bond acceptors (Lipinski definition) is 2. The summed E-state index contributed by atoms with van der Waals surface area (Å²) in [4.78, 5) is 13.3. The molecule has 2 aliphatic rings. The summed E-state index contributed by atoms with van der Waals surface area (Å²) in [6.45, 7) is 4.74. The molecular formula is C10H17BN2O2. The molecule has 0 saturated carbocycles. The predicted molar refractivity (Wildman–Crippen MR) is 57.8 cm³/mol. The Kier molecular flexibility index (Phi) is 2.45. The van der Waals surface area contributed by atoms with Gasteiger partial charge in [0.25, 0.3) is 0 Å². The highest BCUT2D eigenvalue weighted by Gasteiger charge is 2.53.